The molecule has 3 N–H and O–H groups in total. The van der Waals surface area contributed by atoms with Crippen LogP contribution in [0, 0.1) is 0 Å². The summed E-state index contributed by atoms with van der Waals surface area (Å²) in [5.74, 6) is 0.404. The Labute approximate surface area is 173 Å². The van der Waals surface area contributed by atoms with Crippen LogP contribution in [-0.2, 0) is 18.1 Å². The van der Waals surface area contributed by atoms with Crippen molar-refractivity contribution in [3.63, 3.8) is 0 Å². The number of aliphatic hydroxyl groups excluding tert-OH is 1. The molecule has 0 spiro atoms. The first-order valence-electron chi connectivity index (χ1n) is 9.33. The molecule has 1 atom stereocenters. The summed E-state index contributed by atoms with van der Waals surface area (Å²) < 4.78 is 37.9. The molecule has 2 aromatic rings. The van der Waals surface area contributed by atoms with Crippen molar-refractivity contribution in [2.24, 2.45) is 4.99 Å². The largest absolute Gasteiger partial charge is 0.434 e. The lowest BCUT2D eigenvalue weighted by Crippen LogP contribution is -2.39. The number of benzene rings is 1. The van der Waals surface area contributed by atoms with Gasteiger partial charge in [0.05, 0.1) is 12.6 Å². The summed E-state index contributed by atoms with van der Waals surface area (Å²) in [6.07, 6.45) is -5.20. The lowest BCUT2D eigenvalue weighted by atomic mass is 9.86. The van der Waals surface area contributed by atoms with Gasteiger partial charge in [-0.25, -0.2) is 9.98 Å². The van der Waals surface area contributed by atoms with E-state index in [1.807, 2.05) is 31.2 Å². The quantitative estimate of drug-likeness (QED) is 0.475. The van der Waals surface area contributed by atoms with E-state index in [-0.39, 0.29) is 23.5 Å². The van der Waals surface area contributed by atoms with Gasteiger partial charge in [0.15, 0.2) is 11.7 Å². The Morgan fingerprint density at radius 1 is 1.17 bits per heavy atom. The highest BCUT2D eigenvalue weighted by Gasteiger charge is 2.33. The van der Waals surface area contributed by atoms with E-state index < -0.39 is 18.0 Å². The Kier molecular flexibility index (Phi) is 7.65. The smallest absolute Gasteiger partial charge is 0.387 e. The van der Waals surface area contributed by atoms with Gasteiger partial charge in [0.1, 0.15) is 5.01 Å². The summed E-state index contributed by atoms with van der Waals surface area (Å²) >= 11 is 0.918. The van der Waals surface area contributed by atoms with E-state index in [2.05, 4.69) is 41.4 Å². The predicted molar refractivity (Wildman–Crippen MR) is 110 cm³/mol. The van der Waals surface area contributed by atoms with Crippen LogP contribution in [0.4, 0.5) is 13.2 Å². The number of aliphatic hydroxyl groups is 1. The van der Waals surface area contributed by atoms with E-state index in [4.69, 9.17) is 0 Å². The maximum absolute atomic E-state index is 12.6. The van der Waals surface area contributed by atoms with E-state index in [1.165, 1.54) is 5.56 Å². The molecule has 9 heteroatoms. The third-order valence-corrected chi connectivity index (χ3v) is 5.02. The van der Waals surface area contributed by atoms with Crippen molar-refractivity contribution in [1.29, 1.82) is 0 Å². The number of alkyl halides is 3. The molecule has 0 aliphatic heterocycles. The van der Waals surface area contributed by atoms with Crippen LogP contribution in [0.3, 0.4) is 0 Å². The van der Waals surface area contributed by atoms with Crippen molar-refractivity contribution in [1.82, 2.24) is 15.6 Å². The lowest BCUT2D eigenvalue weighted by molar-refractivity contribution is -0.140. The Morgan fingerprint density at radius 3 is 2.34 bits per heavy atom. The highest BCUT2D eigenvalue weighted by molar-refractivity contribution is 7.09. The fraction of sp³-hybridized carbons (Fsp3) is 0.500. The van der Waals surface area contributed by atoms with Crippen LogP contribution in [0.15, 0.2) is 34.6 Å². The lowest BCUT2D eigenvalue weighted by Gasteiger charge is -2.20. The Hall–Kier alpha value is -2.13. The molecular formula is C20H27F3N4OS. The van der Waals surface area contributed by atoms with E-state index in [9.17, 15) is 18.3 Å². The van der Waals surface area contributed by atoms with Crippen molar-refractivity contribution in [2.45, 2.75) is 51.9 Å². The number of halogens is 3. The number of guanidine groups is 1. The Bertz CT molecular complexity index is 810. The molecule has 0 saturated heterocycles. The second kappa shape index (κ2) is 9.58. The number of aromatic nitrogens is 1. The van der Waals surface area contributed by atoms with Crippen LogP contribution in [-0.4, -0.2) is 29.1 Å². The minimum Gasteiger partial charge on any atom is -0.387 e. The number of hydrogen-bond acceptors (Lipinski definition) is 4. The Morgan fingerprint density at radius 2 is 1.83 bits per heavy atom. The Balaban J connectivity index is 1.97. The number of rotatable bonds is 6. The molecule has 1 unspecified atom stereocenters. The first-order valence-corrected chi connectivity index (χ1v) is 10.2. The van der Waals surface area contributed by atoms with Gasteiger partial charge < -0.3 is 15.7 Å². The second-order valence-electron chi connectivity index (χ2n) is 7.59. The molecule has 0 amide bonds. The molecule has 0 aliphatic rings. The maximum Gasteiger partial charge on any atom is 0.434 e. The summed E-state index contributed by atoms with van der Waals surface area (Å²) in [5, 5.41) is 17.7. The first kappa shape index (κ1) is 23.2. The third kappa shape index (κ3) is 7.01. The van der Waals surface area contributed by atoms with Crippen molar-refractivity contribution >= 4 is 17.3 Å². The number of thiazole rings is 1. The first-order chi connectivity index (χ1) is 13.5. The van der Waals surface area contributed by atoms with E-state index >= 15 is 0 Å². The molecule has 0 radical (unpaired) electrons. The van der Waals surface area contributed by atoms with E-state index in [0.717, 1.165) is 22.3 Å². The molecule has 1 heterocycles. The molecule has 0 fully saturated rings. The van der Waals surface area contributed by atoms with E-state index in [1.54, 1.807) is 0 Å². The fourth-order valence-electron chi connectivity index (χ4n) is 2.52. The third-order valence-electron chi connectivity index (χ3n) is 4.18. The molecule has 1 aromatic heterocycles. The highest BCUT2D eigenvalue weighted by Crippen LogP contribution is 2.30. The second-order valence-corrected chi connectivity index (χ2v) is 8.53. The predicted octanol–water partition coefficient (Wildman–Crippen LogP) is 4.25. The van der Waals surface area contributed by atoms with Crippen LogP contribution in [0.2, 0.25) is 0 Å². The number of nitrogens with zero attached hydrogens (tertiary/aromatic N) is 2. The summed E-state index contributed by atoms with van der Waals surface area (Å²) in [7, 11) is 0. The summed E-state index contributed by atoms with van der Waals surface area (Å²) in [6.45, 7) is 9.06. The van der Waals surface area contributed by atoms with Gasteiger partial charge in [-0.3, -0.25) is 0 Å². The molecule has 29 heavy (non-hydrogen) atoms. The maximum atomic E-state index is 12.6. The molecule has 5 nitrogen and oxygen atoms in total. The minimum atomic E-state index is -4.45. The van der Waals surface area contributed by atoms with Crippen LogP contribution >= 0.6 is 11.3 Å². The minimum absolute atomic E-state index is 0.0203. The average molecular weight is 429 g/mol. The van der Waals surface area contributed by atoms with Gasteiger partial charge >= 0.3 is 6.18 Å². The zero-order valence-corrected chi connectivity index (χ0v) is 17.8. The van der Waals surface area contributed by atoms with Crippen LogP contribution in [0.5, 0.6) is 0 Å². The monoisotopic (exact) mass is 428 g/mol. The number of nitrogens with one attached hydrogen (secondary N) is 2. The van der Waals surface area contributed by atoms with Gasteiger partial charge in [0.2, 0.25) is 0 Å². The van der Waals surface area contributed by atoms with Gasteiger partial charge in [-0.15, -0.1) is 11.3 Å². The SMILES string of the molecule is CCNC(=NCc1nc(C(F)(F)F)cs1)NCC(O)c1ccc(C(C)(C)C)cc1. The van der Waals surface area contributed by atoms with Crippen LogP contribution in [0.25, 0.3) is 0 Å². The number of aliphatic imine (C=N–C) groups is 1. The number of hydrogen-bond donors (Lipinski definition) is 3. The van der Waals surface area contributed by atoms with Crippen molar-refractivity contribution in [3.05, 3.63) is 51.5 Å². The van der Waals surface area contributed by atoms with Gasteiger partial charge in [-0.05, 0) is 23.5 Å². The molecular weight excluding hydrogens is 401 g/mol. The van der Waals surface area contributed by atoms with E-state index in [0.29, 0.717) is 12.5 Å². The molecule has 2 rings (SSSR count). The molecule has 0 saturated carbocycles. The zero-order valence-electron chi connectivity index (χ0n) is 17.0. The zero-order chi connectivity index (χ0) is 21.7. The van der Waals surface area contributed by atoms with Crippen molar-refractivity contribution in [2.75, 3.05) is 13.1 Å². The fourth-order valence-corrected chi connectivity index (χ4v) is 3.24. The van der Waals surface area contributed by atoms with Crippen molar-refractivity contribution < 1.29 is 18.3 Å². The standard InChI is InChI=1S/C20H27F3N4OS/c1-5-24-18(26-11-17-27-16(12-29-17)20(21,22)23)25-10-15(28)13-6-8-14(9-7-13)19(2,3)4/h6-9,12,15,28H,5,10-11H2,1-4H3,(H2,24,25,26). The summed E-state index contributed by atoms with van der Waals surface area (Å²) in [5.41, 5.74) is 1.09. The topological polar surface area (TPSA) is 69.5 Å². The van der Waals surface area contributed by atoms with Gasteiger partial charge in [-0.1, -0.05) is 45.0 Å². The molecule has 1 aromatic carbocycles. The van der Waals surface area contributed by atoms with Gasteiger partial charge in [-0.2, -0.15) is 13.2 Å². The molecule has 160 valence electrons. The van der Waals surface area contributed by atoms with Gasteiger partial charge in [0.25, 0.3) is 0 Å². The summed E-state index contributed by atoms with van der Waals surface area (Å²) in [4.78, 5) is 7.82. The average Bonchev–Trinajstić information content (AvgIpc) is 3.12. The highest BCUT2D eigenvalue weighted by atomic mass is 32.1. The normalized spacial score (nSPS) is 14.0. The van der Waals surface area contributed by atoms with Crippen molar-refractivity contribution in [3.8, 4) is 0 Å². The van der Waals surface area contributed by atoms with Gasteiger partial charge in [0, 0.05) is 18.5 Å². The molecule has 0 aliphatic carbocycles. The molecule has 0 bridgehead atoms. The van der Waals surface area contributed by atoms with Crippen LogP contribution in [0.1, 0.15) is 55.6 Å². The summed E-state index contributed by atoms with van der Waals surface area (Å²) in [6, 6.07) is 7.79. The van der Waals surface area contributed by atoms with Crippen LogP contribution < -0.4 is 10.6 Å².